The van der Waals surface area contributed by atoms with Gasteiger partial charge in [-0.1, -0.05) is 24.3 Å². The summed E-state index contributed by atoms with van der Waals surface area (Å²) in [6, 6.07) is 8.60. The van der Waals surface area contributed by atoms with Crippen LogP contribution in [-0.4, -0.2) is 35.7 Å². The number of aromatic nitrogens is 2. The molecule has 1 saturated heterocycles. The molecule has 0 spiro atoms. The van der Waals surface area contributed by atoms with E-state index in [9.17, 15) is 23.2 Å². The van der Waals surface area contributed by atoms with Crippen molar-refractivity contribution in [2.24, 2.45) is 0 Å². The Morgan fingerprint density at radius 3 is 2.67 bits per heavy atom. The Morgan fingerprint density at radius 1 is 1.20 bits per heavy atom. The van der Waals surface area contributed by atoms with Crippen molar-refractivity contribution in [1.29, 1.82) is 5.26 Å². The zero-order valence-corrected chi connectivity index (χ0v) is 15.6. The molecule has 2 amide bonds. The molecule has 1 aliphatic rings. The predicted octanol–water partition coefficient (Wildman–Crippen LogP) is 4.00. The molecular formula is C20H14F3N5O2. The minimum Gasteiger partial charge on any atom is -0.494 e. The molecule has 152 valence electrons. The first kappa shape index (κ1) is 19.4. The van der Waals surface area contributed by atoms with Gasteiger partial charge in [-0.3, -0.25) is 14.8 Å². The summed E-state index contributed by atoms with van der Waals surface area (Å²) in [5, 5.41) is 11.1. The number of rotatable bonds is 3. The standard InChI is InChI=1S/C20H14F3N5O2/c1-30-17-6-18(20(21,22)23)26-10-16(17)27-11-13(7-24)28(19(27)29)15-9-25-8-12-4-2-3-5-14(12)15/h2-6,8-10,13H,11H2,1H3/t13-/m1/s1. The monoisotopic (exact) mass is 413 g/mol. The van der Waals surface area contributed by atoms with E-state index in [0.717, 1.165) is 23.0 Å². The number of alkyl halides is 3. The molecule has 4 rings (SSSR count). The number of hydrogen-bond acceptors (Lipinski definition) is 5. The second-order valence-corrected chi connectivity index (χ2v) is 6.53. The number of carbonyl (C=O) groups excluding carboxylic acids is 1. The van der Waals surface area contributed by atoms with Gasteiger partial charge in [0, 0.05) is 23.0 Å². The molecule has 2 aromatic heterocycles. The largest absolute Gasteiger partial charge is 0.494 e. The highest BCUT2D eigenvalue weighted by atomic mass is 19.4. The summed E-state index contributed by atoms with van der Waals surface area (Å²) in [4.78, 5) is 23.3. The molecule has 3 heterocycles. The van der Waals surface area contributed by atoms with E-state index < -0.39 is 23.9 Å². The number of hydrogen-bond donors (Lipinski definition) is 0. The molecule has 0 bridgehead atoms. The van der Waals surface area contributed by atoms with E-state index in [-0.39, 0.29) is 18.0 Å². The van der Waals surface area contributed by atoms with Crippen LogP contribution in [0.15, 0.2) is 48.9 Å². The fraction of sp³-hybridized carbons (Fsp3) is 0.200. The van der Waals surface area contributed by atoms with E-state index in [0.29, 0.717) is 5.69 Å². The van der Waals surface area contributed by atoms with Crippen molar-refractivity contribution in [3.8, 4) is 11.8 Å². The summed E-state index contributed by atoms with van der Waals surface area (Å²) in [5.41, 5.74) is -0.654. The highest BCUT2D eigenvalue weighted by molar-refractivity contribution is 6.12. The lowest BCUT2D eigenvalue weighted by atomic mass is 10.1. The fourth-order valence-corrected chi connectivity index (χ4v) is 3.41. The van der Waals surface area contributed by atoms with Crippen molar-refractivity contribution >= 4 is 28.2 Å². The molecule has 7 nitrogen and oxygen atoms in total. The van der Waals surface area contributed by atoms with E-state index in [1.807, 2.05) is 12.1 Å². The van der Waals surface area contributed by atoms with Gasteiger partial charge < -0.3 is 4.74 Å². The Bertz CT molecular complexity index is 1170. The first-order valence-corrected chi connectivity index (χ1v) is 8.79. The number of methoxy groups -OCH3 is 1. The normalized spacial score (nSPS) is 16.8. The van der Waals surface area contributed by atoms with Crippen LogP contribution in [0.25, 0.3) is 10.8 Å². The molecule has 1 aromatic carbocycles. The zero-order valence-electron chi connectivity index (χ0n) is 15.6. The number of nitriles is 1. The van der Waals surface area contributed by atoms with E-state index >= 15 is 0 Å². The van der Waals surface area contributed by atoms with Crippen LogP contribution in [0.2, 0.25) is 0 Å². The molecule has 1 atom stereocenters. The molecule has 1 fully saturated rings. The van der Waals surface area contributed by atoms with Gasteiger partial charge in [0.2, 0.25) is 0 Å². The summed E-state index contributed by atoms with van der Waals surface area (Å²) in [6.45, 7) is -0.0675. The maximum Gasteiger partial charge on any atom is 0.433 e. The minimum atomic E-state index is -4.66. The van der Waals surface area contributed by atoms with Crippen LogP contribution < -0.4 is 14.5 Å². The smallest absolute Gasteiger partial charge is 0.433 e. The molecule has 1 aliphatic heterocycles. The molecule has 10 heteroatoms. The van der Waals surface area contributed by atoms with Gasteiger partial charge in [0.25, 0.3) is 0 Å². The number of urea groups is 1. The van der Waals surface area contributed by atoms with Gasteiger partial charge in [-0.25, -0.2) is 9.78 Å². The van der Waals surface area contributed by atoms with E-state index in [2.05, 4.69) is 16.0 Å². The maximum atomic E-state index is 13.2. The molecule has 0 saturated carbocycles. The van der Waals surface area contributed by atoms with Gasteiger partial charge in [0.05, 0.1) is 37.8 Å². The van der Waals surface area contributed by atoms with Crippen LogP contribution in [-0.2, 0) is 6.18 Å². The van der Waals surface area contributed by atoms with Gasteiger partial charge in [0.15, 0.2) is 0 Å². The number of nitrogens with zero attached hydrogens (tertiary/aromatic N) is 5. The Hall–Kier alpha value is -3.87. The van der Waals surface area contributed by atoms with Crippen molar-refractivity contribution in [2.45, 2.75) is 12.2 Å². The molecular weight excluding hydrogens is 399 g/mol. The topological polar surface area (TPSA) is 82.3 Å². The van der Waals surface area contributed by atoms with Gasteiger partial charge in [-0.15, -0.1) is 0 Å². The maximum absolute atomic E-state index is 13.2. The number of anilines is 2. The second kappa shape index (κ2) is 7.18. The quantitative estimate of drug-likeness (QED) is 0.648. The zero-order chi connectivity index (χ0) is 21.5. The Balaban J connectivity index is 1.78. The lowest BCUT2D eigenvalue weighted by molar-refractivity contribution is -0.141. The molecule has 0 radical (unpaired) electrons. The lowest BCUT2D eigenvalue weighted by Crippen LogP contribution is -2.34. The summed E-state index contributed by atoms with van der Waals surface area (Å²) in [6.07, 6.45) is -0.604. The van der Waals surface area contributed by atoms with Gasteiger partial charge in [-0.2, -0.15) is 18.4 Å². The third-order valence-electron chi connectivity index (χ3n) is 4.81. The first-order valence-electron chi connectivity index (χ1n) is 8.79. The number of pyridine rings is 2. The average Bonchev–Trinajstić information content (AvgIpc) is 3.08. The van der Waals surface area contributed by atoms with Crippen molar-refractivity contribution in [2.75, 3.05) is 23.5 Å². The highest BCUT2D eigenvalue weighted by Gasteiger charge is 2.42. The molecule has 3 aromatic rings. The number of halogens is 3. The molecule has 0 aliphatic carbocycles. The van der Waals surface area contributed by atoms with E-state index in [1.54, 1.807) is 18.3 Å². The van der Waals surface area contributed by atoms with Crippen molar-refractivity contribution in [3.63, 3.8) is 0 Å². The van der Waals surface area contributed by atoms with Crippen LogP contribution in [0, 0.1) is 11.3 Å². The van der Waals surface area contributed by atoms with Gasteiger partial charge in [-0.05, 0) is 0 Å². The summed E-state index contributed by atoms with van der Waals surface area (Å²) < 4.78 is 44.0. The van der Waals surface area contributed by atoms with Gasteiger partial charge >= 0.3 is 12.2 Å². The van der Waals surface area contributed by atoms with Crippen molar-refractivity contribution < 1.29 is 22.7 Å². The Kier molecular flexibility index (Phi) is 4.66. The number of fused-ring (bicyclic) bond motifs is 1. The molecule has 0 unspecified atom stereocenters. The first-order chi connectivity index (χ1) is 14.3. The van der Waals surface area contributed by atoms with Crippen molar-refractivity contribution in [3.05, 3.63) is 54.6 Å². The minimum absolute atomic E-state index is 0.0476. The Labute approximate surface area is 168 Å². The number of benzene rings is 1. The Morgan fingerprint density at radius 2 is 1.97 bits per heavy atom. The fourth-order valence-electron chi connectivity index (χ4n) is 3.41. The third-order valence-corrected chi connectivity index (χ3v) is 4.81. The summed E-state index contributed by atoms with van der Waals surface area (Å²) in [5.74, 6) is -0.166. The van der Waals surface area contributed by atoms with Crippen LogP contribution in [0.4, 0.5) is 29.3 Å². The van der Waals surface area contributed by atoms with Crippen LogP contribution in [0.5, 0.6) is 5.75 Å². The summed E-state index contributed by atoms with van der Waals surface area (Å²) >= 11 is 0. The molecule has 30 heavy (non-hydrogen) atoms. The highest BCUT2D eigenvalue weighted by Crippen LogP contribution is 2.38. The van der Waals surface area contributed by atoms with E-state index in [4.69, 9.17) is 4.74 Å². The molecule has 0 N–H and O–H groups in total. The third kappa shape index (κ3) is 3.14. The number of amides is 2. The second-order valence-electron chi connectivity index (χ2n) is 6.53. The SMILES string of the molecule is COc1cc(C(F)(F)F)ncc1N1C[C@@H](C#N)N(c2cncc3ccccc23)C1=O. The van der Waals surface area contributed by atoms with Crippen LogP contribution >= 0.6 is 0 Å². The van der Waals surface area contributed by atoms with Crippen LogP contribution in [0.1, 0.15) is 5.69 Å². The predicted molar refractivity (Wildman–Crippen MR) is 102 cm³/mol. The number of carbonyl (C=O) groups is 1. The van der Waals surface area contributed by atoms with Crippen LogP contribution in [0.3, 0.4) is 0 Å². The van der Waals surface area contributed by atoms with Crippen molar-refractivity contribution in [1.82, 2.24) is 9.97 Å². The average molecular weight is 413 g/mol. The lowest BCUT2D eigenvalue weighted by Gasteiger charge is -2.22. The summed E-state index contributed by atoms with van der Waals surface area (Å²) in [7, 11) is 1.20. The number of ether oxygens (including phenoxy) is 1. The van der Waals surface area contributed by atoms with E-state index in [1.165, 1.54) is 23.1 Å². The van der Waals surface area contributed by atoms with Gasteiger partial charge in [0.1, 0.15) is 23.2 Å².